The highest BCUT2D eigenvalue weighted by atomic mass is 32.1. The van der Waals surface area contributed by atoms with Gasteiger partial charge < -0.3 is 5.32 Å². The first-order valence-corrected chi connectivity index (χ1v) is 5.60. The van der Waals surface area contributed by atoms with Crippen molar-refractivity contribution in [2.75, 3.05) is 6.54 Å². The van der Waals surface area contributed by atoms with E-state index in [1.165, 1.54) is 23.5 Å². The third-order valence-corrected chi connectivity index (χ3v) is 3.22. The van der Waals surface area contributed by atoms with Gasteiger partial charge in [-0.25, -0.2) is 4.39 Å². The largest absolute Gasteiger partial charge is 0.348 e. The summed E-state index contributed by atoms with van der Waals surface area (Å²) in [5.41, 5.74) is 0. The van der Waals surface area contributed by atoms with Crippen molar-refractivity contribution in [1.29, 1.82) is 0 Å². The normalized spacial score (nSPS) is 10.3. The Kier molecular flexibility index (Phi) is 3.01. The molecule has 2 rings (SSSR count). The molecule has 0 aliphatic rings. The number of carbonyl (C=O) groups excluding carboxylic acids is 1. The van der Waals surface area contributed by atoms with Crippen LogP contribution in [0.3, 0.4) is 0 Å². The Morgan fingerprint density at radius 2 is 2.31 bits per heavy atom. The molecule has 2 aromatic rings. The molecule has 0 bridgehead atoms. The minimum Gasteiger partial charge on any atom is -0.348 e. The molecule has 4 heteroatoms. The maximum Gasteiger partial charge on any atom is 0.261 e. The highest BCUT2D eigenvalue weighted by molar-refractivity contribution is 7.20. The van der Waals surface area contributed by atoms with Gasteiger partial charge in [0.2, 0.25) is 0 Å². The second kappa shape index (κ2) is 4.45. The number of carbonyl (C=O) groups is 1. The van der Waals surface area contributed by atoms with E-state index in [1.807, 2.05) is 0 Å². The molecule has 1 heterocycles. The molecule has 0 radical (unpaired) electrons. The van der Waals surface area contributed by atoms with E-state index >= 15 is 0 Å². The Morgan fingerprint density at radius 1 is 1.50 bits per heavy atom. The molecule has 1 N–H and O–H groups in total. The standard InChI is InChI=1S/C12H10FNOS/c1-2-5-14-12(15)11-7-8-6-9(13)3-4-10(8)16-11/h2-4,6-7H,1,5H2,(H,14,15). The molecule has 2 nitrogen and oxygen atoms in total. The van der Waals surface area contributed by atoms with Crippen LogP contribution in [0.4, 0.5) is 4.39 Å². The second-order valence-corrected chi connectivity index (χ2v) is 4.38. The van der Waals surface area contributed by atoms with Gasteiger partial charge >= 0.3 is 0 Å². The van der Waals surface area contributed by atoms with Crippen LogP contribution >= 0.6 is 11.3 Å². The molecule has 0 spiro atoms. The molecule has 0 fully saturated rings. The number of fused-ring (bicyclic) bond motifs is 1. The van der Waals surface area contributed by atoms with Crippen LogP contribution in [-0.4, -0.2) is 12.5 Å². The Hall–Kier alpha value is -1.68. The van der Waals surface area contributed by atoms with Crippen molar-refractivity contribution in [2.24, 2.45) is 0 Å². The summed E-state index contributed by atoms with van der Waals surface area (Å²) in [4.78, 5) is 12.2. The lowest BCUT2D eigenvalue weighted by Gasteiger charge is -1.96. The SMILES string of the molecule is C=CCNC(=O)c1cc2cc(F)ccc2s1. The van der Waals surface area contributed by atoms with Gasteiger partial charge in [-0.2, -0.15) is 0 Å². The topological polar surface area (TPSA) is 29.1 Å². The highest BCUT2D eigenvalue weighted by Crippen LogP contribution is 2.26. The number of thiophene rings is 1. The fourth-order valence-corrected chi connectivity index (χ4v) is 2.34. The summed E-state index contributed by atoms with van der Waals surface area (Å²) in [5, 5.41) is 3.44. The van der Waals surface area contributed by atoms with E-state index < -0.39 is 0 Å². The molecule has 0 atom stereocenters. The summed E-state index contributed by atoms with van der Waals surface area (Å²) < 4.78 is 13.8. The van der Waals surface area contributed by atoms with Crippen LogP contribution in [0, 0.1) is 5.82 Å². The molecule has 0 unspecified atom stereocenters. The molecule has 0 aliphatic carbocycles. The van der Waals surface area contributed by atoms with Crippen molar-refractivity contribution in [3.8, 4) is 0 Å². The zero-order chi connectivity index (χ0) is 11.5. The van der Waals surface area contributed by atoms with Gasteiger partial charge in [0.1, 0.15) is 5.82 Å². The van der Waals surface area contributed by atoms with Crippen molar-refractivity contribution in [2.45, 2.75) is 0 Å². The third kappa shape index (κ3) is 2.12. The zero-order valence-corrected chi connectivity index (χ0v) is 9.31. The summed E-state index contributed by atoms with van der Waals surface area (Å²) in [5.74, 6) is -0.440. The molecule has 1 aromatic carbocycles. The summed E-state index contributed by atoms with van der Waals surface area (Å²) in [7, 11) is 0. The Bertz CT molecular complexity index is 547. The maximum absolute atomic E-state index is 12.9. The summed E-state index contributed by atoms with van der Waals surface area (Å²) in [6.07, 6.45) is 1.62. The average Bonchev–Trinajstić information content (AvgIpc) is 2.68. The zero-order valence-electron chi connectivity index (χ0n) is 8.50. The van der Waals surface area contributed by atoms with Crippen LogP contribution in [0.15, 0.2) is 36.9 Å². The van der Waals surface area contributed by atoms with E-state index in [2.05, 4.69) is 11.9 Å². The van der Waals surface area contributed by atoms with Crippen molar-refractivity contribution in [3.05, 3.63) is 47.6 Å². The van der Waals surface area contributed by atoms with Crippen molar-refractivity contribution in [1.82, 2.24) is 5.32 Å². The molecule has 1 amide bonds. The predicted octanol–water partition coefficient (Wildman–Crippen LogP) is 2.96. The molecule has 1 aromatic heterocycles. The molecule has 82 valence electrons. The maximum atomic E-state index is 12.9. The van der Waals surface area contributed by atoms with Gasteiger partial charge in [-0.3, -0.25) is 4.79 Å². The van der Waals surface area contributed by atoms with Gasteiger partial charge in [0.25, 0.3) is 5.91 Å². The minimum absolute atomic E-state index is 0.151. The number of amides is 1. The number of hydrogen-bond acceptors (Lipinski definition) is 2. The van der Waals surface area contributed by atoms with Gasteiger partial charge in [-0.15, -0.1) is 17.9 Å². The second-order valence-electron chi connectivity index (χ2n) is 3.29. The van der Waals surface area contributed by atoms with Gasteiger partial charge in [0.05, 0.1) is 4.88 Å². The molecule has 0 saturated carbocycles. The quantitative estimate of drug-likeness (QED) is 0.814. The lowest BCUT2D eigenvalue weighted by molar-refractivity contribution is 0.0962. The van der Waals surface area contributed by atoms with E-state index in [4.69, 9.17) is 0 Å². The first-order chi connectivity index (χ1) is 7.70. The van der Waals surface area contributed by atoms with Crippen LogP contribution in [0.5, 0.6) is 0 Å². The smallest absolute Gasteiger partial charge is 0.261 e. The molecule has 16 heavy (non-hydrogen) atoms. The third-order valence-electron chi connectivity index (χ3n) is 2.11. The Labute approximate surface area is 96.4 Å². The van der Waals surface area contributed by atoms with Gasteiger partial charge in [-0.1, -0.05) is 6.08 Å². The van der Waals surface area contributed by atoms with E-state index in [-0.39, 0.29) is 11.7 Å². The van der Waals surface area contributed by atoms with E-state index in [0.717, 1.165) is 10.1 Å². The van der Waals surface area contributed by atoms with Gasteiger partial charge in [-0.05, 0) is 29.7 Å². The van der Waals surface area contributed by atoms with Crippen LogP contribution < -0.4 is 5.32 Å². The van der Waals surface area contributed by atoms with E-state index in [0.29, 0.717) is 11.4 Å². The highest BCUT2D eigenvalue weighted by Gasteiger charge is 2.09. The average molecular weight is 235 g/mol. The lowest BCUT2D eigenvalue weighted by atomic mass is 10.2. The minimum atomic E-state index is -0.289. The Morgan fingerprint density at radius 3 is 3.06 bits per heavy atom. The molecule has 0 aliphatic heterocycles. The van der Waals surface area contributed by atoms with Crippen LogP contribution in [0.1, 0.15) is 9.67 Å². The number of rotatable bonds is 3. The van der Waals surface area contributed by atoms with Crippen LogP contribution in [0.25, 0.3) is 10.1 Å². The first kappa shape index (κ1) is 10.8. The summed E-state index contributed by atoms with van der Waals surface area (Å²) >= 11 is 1.35. The van der Waals surface area contributed by atoms with Crippen LogP contribution in [-0.2, 0) is 0 Å². The number of hydrogen-bond donors (Lipinski definition) is 1. The number of nitrogens with one attached hydrogen (secondary N) is 1. The monoisotopic (exact) mass is 235 g/mol. The van der Waals surface area contributed by atoms with Crippen molar-refractivity contribution in [3.63, 3.8) is 0 Å². The lowest BCUT2D eigenvalue weighted by Crippen LogP contribution is -2.21. The van der Waals surface area contributed by atoms with Gasteiger partial charge in [0.15, 0.2) is 0 Å². The Balaban J connectivity index is 2.32. The summed E-state index contributed by atoms with van der Waals surface area (Å²) in [6.45, 7) is 3.95. The summed E-state index contributed by atoms with van der Waals surface area (Å²) in [6, 6.07) is 6.20. The van der Waals surface area contributed by atoms with Crippen LogP contribution in [0.2, 0.25) is 0 Å². The predicted molar refractivity (Wildman–Crippen MR) is 64.3 cm³/mol. The van der Waals surface area contributed by atoms with E-state index in [1.54, 1.807) is 18.2 Å². The van der Waals surface area contributed by atoms with Crippen molar-refractivity contribution < 1.29 is 9.18 Å². The molecular formula is C12H10FNOS. The van der Waals surface area contributed by atoms with Crippen molar-refractivity contribution >= 4 is 27.3 Å². The molecule has 0 saturated heterocycles. The van der Waals surface area contributed by atoms with E-state index in [9.17, 15) is 9.18 Å². The molecular weight excluding hydrogens is 225 g/mol. The number of halogens is 1. The number of benzene rings is 1. The fraction of sp³-hybridized carbons (Fsp3) is 0.0833. The fourth-order valence-electron chi connectivity index (χ4n) is 1.38. The first-order valence-electron chi connectivity index (χ1n) is 4.79. The van der Waals surface area contributed by atoms with Gasteiger partial charge in [0, 0.05) is 11.2 Å².